The summed E-state index contributed by atoms with van der Waals surface area (Å²) in [6.07, 6.45) is -2.97. The summed E-state index contributed by atoms with van der Waals surface area (Å²) in [6.45, 7) is 3.79. The van der Waals surface area contributed by atoms with Crippen molar-refractivity contribution in [3.05, 3.63) is 0 Å². The van der Waals surface area contributed by atoms with Crippen LogP contribution in [0.2, 0.25) is 0 Å². The molecular weight excluding hydrogens is 176 g/mol. The molecule has 0 aliphatic carbocycles. The molecule has 2 aliphatic rings. The van der Waals surface area contributed by atoms with Gasteiger partial charge in [-0.05, 0) is 13.8 Å². The van der Waals surface area contributed by atoms with Gasteiger partial charge in [-0.15, -0.1) is 0 Å². The van der Waals surface area contributed by atoms with Crippen molar-refractivity contribution in [1.29, 1.82) is 0 Å². The standard InChI is InChI=1S/C8H14O5/c1-8(2)12-4-3-11-7(10)5(9)6(4)13-8/h4-7,9-10H,3H2,1-2H3/t4?,5-,6+,7?/m1/s1. The van der Waals surface area contributed by atoms with E-state index < -0.39 is 24.3 Å². The fourth-order valence-corrected chi connectivity index (χ4v) is 1.74. The van der Waals surface area contributed by atoms with Crippen molar-refractivity contribution in [2.24, 2.45) is 0 Å². The highest BCUT2D eigenvalue weighted by atomic mass is 16.8. The van der Waals surface area contributed by atoms with Crippen LogP contribution in [0, 0.1) is 0 Å². The molecule has 0 saturated carbocycles. The minimum Gasteiger partial charge on any atom is -0.385 e. The third-order valence-electron chi connectivity index (χ3n) is 2.28. The number of rotatable bonds is 0. The Bertz CT molecular complexity index is 205. The zero-order chi connectivity index (χ0) is 9.64. The van der Waals surface area contributed by atoms with Crippen LogP contribution in [0.1, 0.15) is 13.8 Å². The molecule has 0 radical (unpaired) electrons. The van der Waals surface area contributed by atoms with Crippen LogP contribution in [-0.4, -0.2) is 47.2 Å². The molecule has 0 aromatic carbocycles. The Morgan fingerprint density at radius 2 is 1.92 bits per heavy atom. The fraction of sp³-hybridized carbons (Fsp3) is 1.00. The van der Waals surface area contributed by atoms with Crippen LogP contribution in [0.4, 0.5) is 0 Å². The Morgan fingerprint density at radius 3 is 2.62 bits per heavy atom. The molecule has 2 aliphatic heterocycles. The number of fused-ring (bicyclic) bond motifs is 1. The van der Waals surface area contributed by atoms with E-state index in [4.69, 9.17) is 14.2 Å². The van der Waals surface area contributed by atoms with Gasteiger partial charge >= 0.3 is 0 Å². The SMILES string of the molecule is CC1(C)OC2COC(O)[C@H](O)[C@H]2O1. The second kappa shape index (κ2) is 2.90. The van der Waals surface area contributed by atoms with E-state index in [0.717, 1.165) is 0 Å². The molecule has 0 amide bonds. The minimum absolute atomic E-state index is 0.256. The van der Waals surface area contributed by atoms with Crippen molar-refractivity contribution in [2.75, 3.05) is 6.61 Å². The molecule has 0 bridgehead atoms. The van der Waals surface area contributed by atoms with Gasteiger partial charge in [0.15, 0.2) is 12.1 Å². The van der Waals surface area contributed by atoms with Gasteiger partial charge in [-0.3, -0.25) is 0 Å². The van der Waals surface area contributed by atoms with Crippen LogP contribution in [0.5, 0.6) is 0 Å². The first-order valence-corrected chi connectivity index (χ1v) is 4.33. The summed E-state index contributed by atoms with van der Waals surface area (Å²) < 4.78 is 15.8. The quantitative estimate of drug-likeness (QED) is 0.524. The summed E-state index contributed by atoms with van der Waals surface area (Å²) in [5.74, 6) is -0.705. The van der Waals surface area contributed by atoms with Gasteiger partial charge in [0.25, 0.3) is 0 Å². The highest BCUT2D eigenvalue weighted by Gasteiger charge is 2.50. The van der Waals surface area contributed by atoms with Crippen molar-refractivity contribution in [1.82, 2.24) is 0 Å². The predicted molar refractivity (Wildman–Crippen MR) is 41.8 cm³/mol. The summed E-state index contributed by atoms with van der Waals surface area (Å²) in [4.78, 5) is 0. The number of hydrogen-bond acceptors (Lipinski definition) is 5. The largest absolute Gasteiger partial charge is 0.385 e. The first-order valence-electron chi connectivity index (χ1n) is 4.33. The Kier molecular flexibility index (Phi) is 2.08. The third-order valence-corrected chi connectivity index (χ3v) is 2.28. The van der Waals surface area contributed by atoms with Crippen LogP contribution in [0.3, 0.4) is 0 Å². The Morgan fingerprint density at radius 1 is 1.23 bits per heavy atom. The van der Waals surface area contributed by atoms with Gasteiger partial charge in [-0.1, -0.05) is 0 Å². The van der Waals surface area contributed by atoms with E-state index in [1.807, 2.05) is 0 Å². The Hall–Kier alpha value is -0.200. The van der Waals surface area contributed by atoms with Crippen molar-refractivity contribution in [2.45, 2.75) is 44.2 Å². The van der Waals surface area contributed by atoms with Crippen LogP contribution < -0.4 is 0 Å². The zero-order valence-corrected chi connectivity index (χ0v) is 7.64. The van der Waals surface area contributed by atoms with E-state index in [2.05, 4.69) is 0 Å². The summed E-state index contributed by atoms with van der Waals surface area (Å²) in [6, 6.07) is 0. The zero-order valence-electron chi connectivity index (χ0n) is 7.64. The van der Waals surface area contributed by atoms with Gasteiger partial charge in [0, 0.05) is 0 Å². The molecule has 2 N–H and O–H groups in total. The molecule has 0 spiro atoms. The second-order valence-electron chi connectivity index (χ2n) is 3.85. The van der Waals surface area contributed by atoms with E-state index in [0.29, 0.717) is 0 Å². The fourth-order valence-electron chi connectivity index (χ4n) is 1.74. The van der Waals surface area contributed by atoms with E-state index in [9.17, 15) is 10.2 Å². The van der Waals surface area contributed by atoms with E-state index in [1.165, 1.54) is 0 Å². The van der Waals surface area contributed by atoms with Gasteiger partial charge in [-0.2, -0.15) is 0 Å². The van der Waals surface area contributed by atoms with Crippen LogP contribution in [0.25, 0.3) is 0 Å². The average Bonchev–Trinajstić information content (AvgIpc) is 2.34. The summed E-state index contributed by atoms with van der Waals surface area (Å²) in [5, 5.41) is 18.7. The highest BCUT2D eigenvalue weighted by Crippen LogP contribution is 2.33. The lowest BCUT2D eigenvalue weighted by Gasteiger charge is -2.31. The molecule has 4 atom stereocenters. The van der Waals surface area contributed by atoms with Crippen LogP contribution in [0.15, 0.2) is 0 Å². The monoisotopic (exact) mass is 190 g/mol. The first kappa shape index (κ1) is 9.36. The summed E-state index contributed by atoms with van der Waals surface area (Å²) in [5.41, 5.74) is 0. The maximum Gasteiger partial charge on any atom is 0.183 e. The summed E-state index contributed by atoms with van der Waals surface area (Å²) >= 11 is 0. The average molecular weight is 190 g/mol. The van der Waals surface area contributed by atoms with Crippen LogP contribution in [-0.2, 0) is 14.2 Å². The third kappa shape index (κ3) is 1.58. The lowest BCUT2D eigenvalue weighted by molar-refractivity contribution is -0.230. The van der Waals surface area contributed by atoms with E-state index in [-0.39, 0.29) is 12.7 Å². The molecule has 5 nitrogen and oxygen atoms in total. The van der Waals surface area contributed by atoms with Gasteiger partial charge in [0.05, 0.1) is 6.61 Å². The van der Waals surface area contributed by atoms with Crippen LogP contribution >= 0.6 is 0 Å². The Balaban J connectivity index is 2.11. The normalized spacial score (nSPS) is 48.9. The van der Waals surface area contributed by atoms with Crippen molar-refractivity contribution >= 4 is 0 Å². The van der Waals surface area contributed by atoms with Crippen molar-refractivity contribution in [3.63, 3.8) is 0 Å². The number of aliphatic hydroxyl groups is 2. The number of hydrogen-bond donors (Lipinski definition) is 2. The van der Waals surface area contributed by atoms with Gasteiger partial charge < -0.3 is 24.4 Å². The smallest absolute Gasteiger partial charge is 0.183 e. The molecule has 2 saturated heterocycles. The molecule has 0 aromatic rings. The van der Waals surface area contributed by atoms with Gasteiger partial charge in [0.2, 0.25) is 0 Å². The predicted octanol–water partition coefficient (Wildman–Crippen LogP) is -0.784. The molecular formula is C8H14O5. The molecule has 0 aromatic heterocycles. The lowest BCUT2D eigenvalue weighted by Crippen LogP contribution is -2.51. The van der Waals surface area contributed by atoms with E-state index >= 15 is 0 Å². The summed E-state index contributed by atoms with van der Waals surface area (Å²) in [7, 11) is 0. The molecule has 2 heterocycles. The minimum atomic E-state index is -1.17. The van der Waals surface area contributed by atoms with Gasteiger partial charge in [0.1, 0.15) is 18.3 Å². The van der Waals surface area contributed by atoms with E-state index in [1.54, 1.807) is 13.8 Å². The highest BCUT2D eigenvalue weighted by molar-refractivity contribution is 4.90. The van der Waals surface area contributed by atoms with Crippen molar-refractivity contribution in [3.8, 4) is 0 Å². The number of aliphatic hydroxyl groups excluding tert-OH is 2. The van der Waals surface area contributed by atoms with Gasteiger partial charge in [-0.25, -0.2) is 0 Å². The Labute approximate surface area is 76.2 Å². The maximum atomic E-state index is 9.50. The maximum absolute atomic E-state index is 9.50. The molecule has 13 heavy (non-hydrogen) atoms. The number of ether oxygens (including phenoxy) is 3. The second-order valence-corrected chi connectivity index (χ2v) is 3.85. The molecule has 2 rings (SSSR count). The van der Waals surface area contributed by atoms with Crippen molar-refractivity contribution < 1.29 is 24.4 Å². The topological polar surface area (TPSA) is 68.2 Å². The molecule has 5 heteroatoms. The first-order chi connectivity index (χ1) is 5.99. The lowest BCUT2D eigenvalue weighted by atomic mass is 10.1. The molecule has 2 unspecified atom stereocenters. The molecule has 76 valence electrons. The molecule has 2 fully saturated rings.